The van der Waals surface area contributed by atoms with E-state index in [-0.39, 0.29) is 5.15 Å². The lowest BCUT2D eigenvalue weighted by Gasteiger charge is -2.08. The van der Waals surface area contributed by atoms with Crippen molar-refractivity contribution in [2.45, 2.75) is 13.8 Å². The van der Waals surface area contributed by atoms with Crippen LogP contribution in [0.25, 0.3) is 11.0 Å². The van der Waals surface area contributed by atoms with Gasteiger partial charge in [0.2, 0.25) is 0 Å². The number of hydrogen-bond acceptors (Lipinski definition) is 3. The first-order chi connectivity index (χ1) is 9.61. The molecule has 1 aromatic heterocycles. The molecular formula is C16H13ClN2O. The van der Waals surface area contributed by atoms with Crippen LogP contribution in [-0.4, -0.2) is 9.97 Å². The minimum atomic E-state index is 0.267. The van der Waals surface area contributed by atoms with Gasteiger partial charge in [-0.15, -0.1) is 0 Å². The molecule has 1 heterocycles. The molecule has 0 radical (unpaired) electrons. The lowest BCUT2D eigenvalue weighted by Crippen LogP contribution is -1.93. The highest BCUT2D eigenvalue weighted by Crippen LogP contribution is 2.28. The van der Waals surface area contributed by atoms with Gasteiger partial charge in [-0.05, 0) is 49.2 Å². The summed E-state index contributed by atoms with van der Waals surface area (Å²) in [4.78, 5) is 8.71. The molecule has 0 saturated heterocycles. The van der Waals surface area contributed by atoms with Crippen molar-refractivity contribution in [1.82, 2.24) is 9.97 Å². The Hall–Kier alpha value is -2.13. The summed E-state index contributed by atoms with van der Waals surface area (Å²) in [6, 6.07) is 13.5. The molecule has 0 aliphatic rings. The quantitative estimate of drug-likeness (QED) is 0.684. The zero-order chi connectivity index (χ0) is 14.1. The average Bonchev–Trinajstić information content (AvgIpc) is 2.38. The summed E-state index contributed by atoms with van der Waals surface area (Å²) in [6.45, 7) is 4.04. The van der Waals surface area contributed by atoms with Crippen molar-refractivity contribution < 1.29 is 4.74 Å². The van der Waals surface area contributed by atoms with Crippen LogP contribution in [0.15, 0.2) is 42.5 Å². The summed E-state index contributed by atoms with van der Waals surface area (Å²) < 4.78 is 5.77. The standard InChI is InChI=1S/C16H13ClN2O/c1-10-7-11(2)9-12(8-10)20-16-15(17)18-13-5-3-4-6-14(13)19-16/h3-9H,1-2H3. The summed E-state index contributed by atoms with van der Waals surface area (Å²) >= 11 is 6.13. The van der Waals surface area contributed by atoms with E-state index in [1.165, 1.54) is 0 Å². The van der Waals surface area contributed by atoms with Gasteiger partial charge < -0.3 is 4.74 Å². The third-order valence-corrected chi connectivity index (χ3v) is 3.15. The minimum Gasteiger partial charge on any atom is -0.436 e. The Bertz CT molecular complexity index is 766. The van der Waals surface area contributed by atoms with E-state index in [2.05, 4.69) is 16.0 Å². The lowest BCUT2D eigenvalue weighted by molar-refractivity contribution is 0.462. The first-order valence-corrected chi connectivity index (χ1v) is 6.68. The molecule has 0 fully saturated rings. The van der Waals surface area contributed by atoms with Crippen LogP contribution in [0.1, 0.15) is 11.1 Å². The van der Waals surface area contributed by atoms with Crippen LogP contribution in [0.4, 0.5) is 0 Å². The molecule has 20 heavy (non-hydrogen) atoms. The van der Waals surface area contributed by atoms with Gasteiger partial charge in [-0.3, -0.25) is 0 Å². The smallest absolute Gasteiger partial charge is 0.258 e. The Morgan fingerprint density at radius 2 is 1.50 bits per heavy atom. The molecular weight excluding hydrogens is 272 g/mol. The maximum absolute atomic E-state index is 6.13. The Kier molecular flexibility index (Phi) is 3.28. The van der Waals surface area contributed by atoms with E-state index in [9.17, 15) is 0 Å². The van der Waals surface area contributed by atoms with Crippen molar-refractivity contribution in [3.05, 3.63) is 58.7 Å². The van der Waals surface area contributed by atoms with E-state index in [4.69, 9.17) is 16.3 Å². The molecule has 0 atom stereocenters. The number of aromatic nitrogens is 2. The van der Waals surface area contributed by atoms with Crippen molar-refractivity contribution in [2.24, 2.45) is 0 Å². The predicted octanol–water partition coefficient (Wildman–Crippen LogP) is 4.69. The number of rotatable bonds is 2. The topological polar surface area (TPSA) is 35.0 Å². The molecule has 0 aliphatic heterocycles. The van der Waals surface area contributed by atoms with Crippen molar-refractivity contribution in [3.63, 3.8) is 0 Å². The summed E-state index contributed by atoms with van der Waals surface area (Å²) in [7, 11) is 0. The van der Waals surface area contributed by atoms with Gasteiger partial charge in [-0.1, -0.05) is 29.8 Å². The molecule has 0 amide bonds. The SMILES string of the molecule is Cc1cc(C)cc(Oc2nc3ccccc3nc2Cl)c1. The minimum absolute atomic E-state index is 0.267. The number of fused-ring (bicyclic) bond motifs is 1. The molecule has 0 bridgehead atoms. The fraction of sp³-hybridized carbons (Fsp3) is 0.125. The number of benzene rings is 2. The van der Waals surface area contributed by atoms with E-state index < -0.39 is 0 Å². The number of nitrogens with zero attached hydrogens (tertiary/aromatic N) is 2. The van der Waals surface area contributed by atoms with Gasteiger partial charge >= 0.3 is 0 Å². The molecule has 0 saturated carbocycles. The Balaban J connectivity index is 2.03. The van der Waals surface area contributed by atoms with Gasteiger partial charge in [0.25, 0.3) is 5.88 Å². The first kappa shape index (κ1) is 12.9. The monoisotopic (exact) mass is 284 g/mol. The number of ether oxygens (including phenoxy) is 1. The van der Waals surface area contributed by atoms with Crippen LogP contribution in [0.5, 0.6) is 11.6 Å². The van der Waals surface area contributed by atoms with E-state index in [0.717, 1.165) is 22.2 Å². The van der Waals surface area contributed by atoms with E-state index >= 15 is 0 Å². The van der Waals surface area contributed by atoms with Gasteiger partial charge in [0.05, 0.1) is 11.0 Å². The predicted molar refractivity (Wildman–Crippen MR) is 80.5 cm³/mol. The second-order valence-electron chi connectivity index (χ2n) is 4.73. The number of hydrogen-bond donors (Lipinski definition) is 0. The van der Waals surface area contributed by atoms with Crippen LogP contribution in [0.2, 0.25) is 5.15 Å². The summed E-state index contributed by atoms with van der Waals surface area (Å²) in [5.74, 6) is 1.05. The normalized spacial score (nSPS) is 10.8. The zero-order valence-corrected chi connectivity index (χ0v) is 12.0. The van der Waals surface area contributed by atoms with Crippen molar-refractivity contribution in [1.29, 1.82) is 0 Å². The average molecular weight is 285 g/mol. The molecule has 3 aromatic rings. The van der Waals surface area contributed by atoms with Crippen LogP contribution in [0, 0.1) is 13.8 Å². The van der Waals surface area contributed by atoms with Gasteiger partial charge in [0.1, 0.15) is 5.75 Å². The summed E-state index contributed by atoms with van der Waals surface area (Å²) in [5, 5.41) is 0.267. The van der Waals surface area contributed by atoms with Crippen molar-refractivity contribution in [3.8, 4) is 11.6 Å². The molecule has 0 aliphatic carbocycles. The van der Waals surface area contributed by atoms with Gasteiger partial charge in [-0.25, -0.2) is 9.97 Å². The Labute approximate surface area is 122 Å². The van der Waals surface area contributed by atoms with Crippen LogP contribution >= 0.6 is 11.6 Å². The Morgan fingerprint density at radius 3 is 2.15 bits per heavy atom. The van der Waals surface area contributed by atoms with Gasteiger partial charge in [0.15, 0.2) is 5.15 Å². The van der Waals surface area contributed by atoms with E-state index in [1.807, 2.05) is 50.2 Å². The van der Waals surface area contributed by atoms with Gasteiger partial charge in [-0.2, -0.15) is 0 Å². The summed E-state index contributed by atoms with van der Waals surface area (Å²) in [5.41, 5.74) is 3.77. The van der Waals surface area contributed by atoms with Crippen LogP contribution in [0.3, 0.4) is 0 Å². The fourth-order valence-electron chi connectivity index (χ4n) is 2.13. The Morgan fingerprint density at radius 1 is 0.900 bits per heavy atom. The molecule has 0 unspecified atom stereocenters. The number of para-hydroxylation sites is 2. The molecule has 2 aromatic carbocycles. The summed E-state index contributed by atoms with van der Waals surface area (Å²) in [6.07, 6.45) is 0. The second-order valence-corrected chi connectivity index (χ2v) is 5.09. The largest absolute Gasteiger partial charge is 0.436 e. The highest BCUT2D eigenvalue weighted by Gasteiger charge is 2.09. The molecule has 4 heteroatoms. The molecule has 3 rings (SSSR count). The molecule has 100 valence electrons. The maximum Gasteiger partial charge on any atom is 0.258 e. The van der Waals surface area contributed by atoms with E-state index in [0.29, 0.717) is 11.6 Å². The second kappa shape index (κ2) is 5.10. The lowest BCUT2D eigenvalue weighted by atomic mass is 10.1. The number of halogens is 1. The molecule has 0 N–H and O–H groups in total. The molecule has 0 spiro atoms. The highest BCUT2D eigenvalue weighted by atomic mass is 35.5. The van der Waals surface area contributed by atoms with Crippen LogP contribution in [-0.2, 0) is 0 Å². The van der Waals surface area contributed by atoms with Crippen molar-refractivity contribution >= 4 is 22.6 Å². The van der Waals surface area contributed by atoms with Crippen LogP contribution < -0.4 is 4.74 Å². The maximum atomic E-state index is 6.13. The third kappa shape index (κ3) is 2.58. The fourth-order valence-corrected chi connectivity index (χ4v) is 2.30. The molecule has 3 nitrogen and oxygen atoms in total. The van der Waals surface area contributed by atoms with E-state index in [1.54, 1.807) is 0 Å². The van der Waals surface area contributed by atoms with Crippen molar-refractivity contribution in [2.75, 3.05) is 0 Å². The number of aryl methyl sites for hydroxylation is 2. The zero-order valence-electron chi connectivity index (χ0n) is 11.2. The first-order valence-electron chi connectivity index (χ1n) is 6.30. The van der Waals surface area contributed by atoms with Gasteiger partial charge in [0, 0.05) is 0 Å². The third-order valence-electron chi connectivity index (χ3n) is 2.91. The highest BCUT2D eigenvalue weighted by molar-refractivity contribution is 6.31.